The van der Waals surface area contributed by atoms with Gasteiger partial charge in [0.05, 0.1) is 20.5 Å². The number of Topliss-reactive ketones (excluding diaryl/α,β-unsaturated/α-hetero) is 4. The van der Waals surface area contributed by atoms with E-state index in [-0.39, 0.29) is 77.0 Å². The molecular formula is C43H64O14S4. The van der Waals surface area contributed by atoms with Crippen LogP contribution >= 0.6 is 47.0 Å². The lowest BCUT2D eigenvalue weighted by atomic mass is 9.94. The van der Waals surface area contributed by atoms with Crippen molar-refractivity contribution in [3.8, 4) is 0 Å². The van der Waals surface area contributed by atoms with Crippen LogP contribution in [0.1, 0.15) is 121 Å². The van der Waals surface area contributed by atoms with Crippen molar-refractivity contribution >= 4 is 103 Å². The molecule has 0 aliphatic carbocycles. The molecule has 0 bridgehead atoms. The van der Waals surface area contributed by atoms with Gasteiger partial charge in [0, 0.05) is 48.0 Å². The van der Waals surface area contributed by atoms with Gasteiger partial charge in [-0.2, -0.15) is 0 Å². The van der Waals surface area contributed by atoms with Crippen LogP contribution in [-0.4, -0.2) is 90.5 Å². The number of rotatable bonds is 21. The zero-order valence-corrected chi connectivity index (χ0v) is 40.1. The quantitative estimate of drug-likeness (QED) is 0.0830. The van der Waals surface area contributed by atoms with Gasteiger partial charge in [0.15, 0.2) is 10.2 Å². The second-order valence-corrected chi connectivity index (χ2v) is 21.3. The maximum absolute atomic E-state index is 12.7. The summed E-state index contributed by atoms with van der Waals surface area (Å²) in [7, 11) is 0. The molecule has 0 fully saturated rings. The van der Waals surface area contributed by atoms with Crippen LogP contribution in [0, 0.1) is 29.1 Å². The minimum absolute atomic E-state index is 0. The summed E-state index contributed by atoms with van der Waals surface area (Å²) in [5.74, 6) is -3.20. The Balaban J connectivity index is 0. The van der Waals surface area contributed by atoms with Gasteiger partial charge in [0.1, 0.15) is 23.1 Å². The summed E-state index contributed by atoms with van der Waals surface area (Å²) in [5, 5.41) is -1.61. The Bertz CT molecular complexity index is 1680. The van der Waals surface area contributed by atoms with E-state index < -0.39 is 62.9 Å². The highest BCUT2D eigenvalue weighted by Crippen LogP contribution is 2.32. The smallest absolute Gasteiger partial charge is 0.371 e. The molecule has 1 aromatic rings. The summed E-state index contributed by atoms with van der Waals surface area (Å²) >= 11 is 3.40. The van der Waals surface area contributed by atoms with Crippen LogP contribution in [0.15, 0.2) is 30.3 Å². The third-order valence-electron chi connectivity index (χ3n) is 8.19. The highest BCUT2D eigenvalue weighted by molar-refractivity contribution is 8.15. The minimum atomic E-state index is -1.15. The molecule has 0 radical (unpaired) electrons. The van der Waals surface area contributed by atoms with E-state index in [2.05, 4.69) is 0 Å². The molecule has 344 valence electrons. The Morgan fingerprint density at radius 1 is 0.557 bits per heavy atom. The van der Waals surface area contributed by atoms with E-state index >= 15 is 0 Å². The Labute approximate surface area is 378 Å². The van der Waals surface area contributed by atoms with Gasteiger partial charge in [-0.3, -0.25) is 33.6 Å². The Kier molecular flexibility index (Phi) is 27.6. The molecule has 1 rings (SSSR count). The van der Waals surface area contributed by atoms with E-state index in [4.69, 9.17) is 18.9 Å². The third-order valence-corrected chi connectivity index (χ3v) is 12.9. The lowest BCUT2D eigenvalue weighted by Gasteiger charge is -2.23. The fourth-order valence-corrected chi connectivity index (χ4v) is 7.55. The fourth-order valence-electron chi connectivity index (χ4n) is 4.00. The van der Waals surface area contributed by atoms with Crippen molar-refractivity contribution in [2.24, 2.45) is 29.1 Å². The third kappa shape index (κ3) is 24.7. The largest absolute Gasteiger partial charge is 0.427 e. The number of ether oxygens (including phenoxy) is 4. The average molecular weight is 933 g/mol. The number of hydrogen-bond donors (Lipinski definition) is 0. The molecule has 0 aliphatic rings. The van der Waals surface area contributed by atoms with Crippen LogP contribution in [0.5, 0.6) is 0 Å². The first-order chi connectivity index (χ1) is 27.5. The molecule has 0 heterocycles. The highest BCUT2D eigenvalue weighted by atomic mass is 32.2. The first kappa shape index (κ1) is 59.6. The summed E-state index contributed by atoms with van der Waals surface area (Å²) in [5.41, 5.74) is -0.392. The van der Waals surface area contributed by atoms with Crippen molar-refractivity contribution in [1.82, 2.24) is 0 Å². The number of carbonyl (C=O) groups excluding carboxylic acids is 10. The van der Waals surface area contributed by atoms with Gasteiger partial charge in [-0.1, -0.05) is 76.8 Å². The first-order valence-corrected chi connectivity index (χ1v) is 22.6. The Morgan fingerprint density at radius 2 is 0.918 bits per heavy atom. The minimum Gasteiger partial charge on any atom is -0.427 e. The van der Waals surface area contributed by atoms with E-state index in [0.717, 1.165) is 23.5 Å². The van der Waals surface area contributed by atoms with Gasteiger partial charge in [-0.25, -0.2) is 14.4 Å². The summed E-state index contributed by atoms with van der Waals surface area (Å²) in [6.07, 6.45) is -0.149. The van der Waals surface area contributed by atoms with Crippen LogP contribution in [0.3, 0.4) is 0 Å². The topological polar surface area (TPSA) is 208 Å². The van der Waals surface area contributed by atoms with Crippen LogP contribution in [0.2, 0.25) is 0 Å². The van der Waals surface area contributed by atoms with Crippen LogP contribution < -0.4 is 0 Å². The van der Waals surface area contributed by atoms with Gasteiger partial charge < -0.3 is 18.9 Å². The second-order valence-electron chi connectivity index (χ2n) is 16.2. The number of esters is 2. The summed E-state index contributed by atoms with van der Waals surface area (Å²) in [6.45, 7) is 20.0. The zero-order chi connectivity index (χ0) is 46.6. The number of ketones is 4. The van der Waals surface area contributed by atoms with Crippen molar-refractivity contribution in [2.45, 2.75) is 120 Å². The maximum atomic E-state index is 12.7. The monoisotopic (exact) mass is 932 g/mol. The molecule has 0 amide bonds. The molecule has 2 atom stereocenters. The lowest BCUT2D eigenvalue weighted by molar-refractivity contribution is -0.160. The van der Waals surface area contributed by atoms with Crippen LogP contribution in [0.25, 0.3) is 0 Å². The summed E-state index contributed by atoms with van der Waals surface area (Å²) in [6, 6.07) is 8.25. The zero-order valence-electron chi connectivity index (χ0n) is 36.8. The van der Waals surface area contributed by atoms with Gasteiger partial charge in [-0.15, -0.1) is 0 Å². The number of thioether (sulfide) groups is 4. The molecule has 61 heavy (non-hydrogen) atoms. The van der Waals surface area contributed by atoms with Gasteiger partial charge in [0.25, 0.3) is 0 Å². The van der Waals surface area contributed by atoms with Gasteiger partial charge in [-0.05, 0) is 98.0 Å². The number of benzene rings is 1. The van der Waals surface area contributed by atoms with Gasteiger partial charge in [0.2, 0.25) is 13.6 Å². The van der Waals surface area contributed by atoms with Gasteiger partial charge >= 0.3 is 22.5 Å². The first-order valence-electron chi connectivity index (χ1n) is 19.0. The molecule has 0 saturated carbocycles. The van der Waals surface area contributed by atoms with E-state index in [1.165, 1.54) is 13.8 Å². The van der Waals surface area contributed by atoms with Crippen molar-refractivity contribution < 1.29 is 66.9 Å². The highest BCUT2D eigenvalue weighted by Gasteiger charge is 2.36. The second kappa shape index (κ2) is 28.3. The van der Waals surface area contributed by atoms with Crippen molar-refractivity contribution in [1.29, 1.82) is 0 Å². The molecule has 0 spiro atoms. The van der Waals surface area contributed by atoms with E-state index in [9.17, 15) is 47.9 Å². The standard InChI is InChI=1S/C22H28O7S2.C20H32O7S2.CH4/c1-14(2)20(26)30-12-17(15(3)23)11-18(24)22(4,5)31-21(27)29-13-28-19(25)16-9-7-6-8-10-16;1-12(2)16(23)28-10-14(13(3)21)9-15(22)20(7,8)29-18(25)27-11-26-17(24)19(4,5)6;/h6-10,14,17H,11-13H2,1-5H3;12,14H,9-11H2,1-8H3;1H4/t17-;14-;/m00./s1. The SMILES string of the molecule is C.CC(=O)[C@H](CSC(=O)C(C)C)CC(=O)C(C)(C)SC(=O)OCOC(=O)C(C)(C)C.CC(=O)[C@H](CSC(=O)C(C)C)CC(=O)C(C)(C)SC(=O)OCOC(=O)c1ccccc1. The van der Waals surface area contributed by atoms with E-state index in [1.54, 1.807) is 106 Å². The average Bonchev–Trinajstić information content (AvgIpc) is 3.13. The lowest BCUT2D eigenvalue weighted by Crippen LogP contribution is -2.33. The van der Waals surface area contributed by atoms with Crippen molar-refractivity contribution in [2.75, 3.05) is 25.1 Å². The van der Waals surface area contributed by atoms with Crippen LogP contribution in [-0.2, 0) is 52.5 Å². The van der Waals surface area contributed by atoms with E-state index in [0.29, 0.717) is 29.1 Å². The molecule has 0 unspecified atom stereocenters. The van der Waals surface area contributed by atoms with E-state index in [1.807, 2.05) is 0 Å². The predicted molar refractivity (Wildman–Crippen MR) is 242 cm³/mol. The predicted octanol–water partition coefficient (Wildman–Crippen LogP) is 9.43. The fraction of sp³-hybridized carbons (Fsp3) is 0.628. The molecule has 1 aromatic carbocycles. The normalized spacial score (nSPS) is 12.4. The van der Waals surface area contributed by atoms with Crippen molar-refractivity contribution in [3.63, 3.8) is 0 Å². The molecule has 0 aromatic heterocycles. The number of hydrogen-bond acceptors (Lipinski definition) is 18. The molecule has 18 heteroatoms. The maximum Gasteiger partial charge on any atom is 0.371 e. The van der Waals surface area contributed by atoms with Crippen LogP contribution in [0.4, 0.5) is 9.59 Å². The number of carbonyl (C=O) groups is 10. The molecule has 0 N–H and O–H groups in total. The molecule has 0 aliphatic heterocycles. The summed E-state index contributed by atoms with van der Waals surface area (Å²) < 4.78 is 17.2. The molecular weight excluding hydrogens is 869 g/mol. The molecule has 0 saturated heterocycles. The molecule has 14 nitrogen and oxygen atoms in total. The Hall–Kier alpha value is -3.48. The Morgan fingerprint density at radius 3 is 1.25 bits per heavy atom. The summed E-state index contributed by atoms with van der Waals surface area (Å²) in [4.78, 5) is 120. The van der Waals surface area contributed by atoms with Crippen molar-refractivity contribution in [3.05, 3.63) is 35.9 Å².